The molecular weight excluding hydrogens is 671 g/mol. The lowest BCUT2D eigenvalue weighted by Crippen LogP contribution is -2.43. The number of piperidine rings is 1. The molecule has 0 aromatic heterocycles. The summed E-state index contributed by atoms with van der Waals surface area (Å²) in [5.74, 6) is 0.561. The van der Waals surface area contributed by atoms with Crippen LogP contribution in [0.5, 0.6) is 11.5 Å². The number of likely N-dealkylation sites (tertiary alicyclic amines) is 1. The Balaban J connectivity index is 1.05. The zero-order chi connectivity index (χ0) is 37.0. The summed E-state index contributed by atoms with van der Waals surface area (Å²) in [6.45, 7) is 9.31. The molecule has 1 unspecified atom stereocenters. The van der Waals surface area contributed by atoms with Gasteiger partial charge in [0.15, 0.2) is 6.10 Å². The molecule has 2 aliphatic rings. The summed E-state index contributed by atoms with van der Waals surface area (Å²) >= 11 is 0. The van der Waals surface area contributed by atoms with Crippen LogP contribution >= 0.6 is 0 Å². The minimum Gasteiger partial charge on any atom is -0.492 e. The lowest BCUT2D eigenvalue weighted by molar-refractivity contribution is -0.145. The maximum absolute atomic E-state index is 13.6. The zero-order valence-corrected chi connectivity index (χ0v) is 29.5. The Bertz CT molecular complexity index is 1800. The molecule has 274 valence electrons. The summed E-state index contributed by atoms with van der Waals surface area (Å²) in [5, 5.41) is 12.6. The highest BCUT2D eigenvalue weighted by Gasteiger charge is 2.59. The first-order valence-electron chi connectivity index (χ1n) is 17.5. The number of anilines is 1. The van der Waals surface area contributed by atoms with E-state index in [0.29, 0.717) is 23.3 Å². The molecule has 1 aliphatic heterocycles. The molecule has 8 nitrogen and oxygen atoms in total. The fourth-order valence-corrected chi connectivity index (χ4v) is 6.91. The van der Waals surface area contributed by atoms with E-state index in [9.17, 15) is 27.9 Å². The van der Waals surface area contributed by atoms with Gasteiger partial charge in [0, 0.05) is 37.8 Å². The molecule has 2 fully saturated rings. The van der Waals surface area contributed by atoms with Crippen LogP contribution in [0.1, 0.15) is 43.0 Å². The second-order valence-corrected chi connectivity index (χ2v) is 14.6. The number of carboxylic acid groups (broad SMARTS) is 1. The standard InChI is InChI=1S/C41H44F3N3O5/c1-40(2,3)29-13-19-33(20-14-29)52-36(38(48)49)23-27-9-17-32(18-10-27)51-22-21-47(39(50)45-31-15-11-30(12-16-31)41(42,43)44)37-34-25-46(26-35(34)37)24-28-7-5-4-6-8-28/h4-20,34-37H,21-26H2,1-3H3,(H,45,50)(H,48,49)/t34-,35?,36+,37+/m1/s1. The number of aliphatic carboxylic acids is 1. The number of nitrogens with zero attached hydrogens (tertiary/aromatic N) is 2. The van der Waals surface area contributed by atoms with Gasteiger partial charge in [0.1, 0.15) is 18.1 Å². The Kier molecular flexibility index (Phi) is 10.8. The summed E-state index contributed by atoms with van der Waals surface area (Å²) in [6.07, 6.45) is -5.39. The third kappa shape index (κ3) is 9.25. The first kappa shape index (κ1) is 36.8. The van der Waals surface area contributed by atoms with E-state index in [1.165, 1.54) is 17.7 Å². The predicted molar refractivity (Wildman–Crippen MR) is 192 cm³/mol. The van der Waals surface area contributed by atoms with E-state index in [0.717, 1.165) is 42.9 Å². The number of benzene rings is 4. The first-order valence-corrected chi connectivity index (χ1v) is 17.5. The van der Waals surface area contributed by atoms with Crippen LogP contribution in [0.3, 0.4) is 0 Å². The SMILES string of the molecule is CC(C)(C)c1ccc(O[C@@H](Cc2ccc(OCCN(C(=O)Nc3ccc(C(F)(F)F)cc3)[C@@H]3C4CN(Cc5ccccc5)C[C@H]43)cc2)C(=O)O)cc1. The van der Waals surface area contributed by atoms with E-state index in [1.54, 1.807) is 41.3 Å². The van der Waals surface area contributed by atoms with Crippen molar-refractivity contribution in [3.8, 4) is 11.5 Å². The average molecular weight is 716 g/mol. The van der Waals surface area contributed by atoms with Gasteiger partial charge in [0.2, 0.25) is 0 Å². The number of nitrogens with one attached hydrogen (secondary N) is 1. The van der Waals surface area contributed by atoms with Crippen molar-refractivity contribution in [3.05, 3.63) is 125 Å². The highest BCUT2D eigenvalue weighted by Crippen LogP contribution is 2.49. The van der Waals surface area contributed by atoms with Gasteiger partial charge in [-0.1, -0.05) is 75.4 Å². The number of alkyl halides is 3. The van der Waals surface area contributed by atoms with Gasteiger partial charge in [0.05, 0.1) is 12.1 Å². The van der Waals surface area contributed by atoms with Gasteiger partial charge in [-0.15, -0.1) is 0 Å². The molecule has 1 heterocycles. The van der Waals surface area contributed by atoms with Gasteiger partial charge in [0.25, 0.3) is 0 Å². The number of rotatable bonds is 13. The van der Waals surface area contributed by atoms with Gasteiger partial charge >= 0.3 is 18.2 Å². The minimum atomic E-state index is -4.47. The van der Waals surface area contributed by atoms with Crippen molar-refractivity contribution in [2.75, 3.05) is 31.6 Å². The second kappa shape index (κ2) is 15.3. The van der Waals surface area contributed by atoms with E-state index in [4.69, 9.17) is 9.47 Å². The third-order valence-corrected chi connectivity index (χ3v) is 9.78. The van der Waals surface area contributed by atoms with Crippen LogP contribution in [0.25, 0.3) is 0 Å². The lowest BCUT2D eigenvalue weighted by Gasteiger charge is -2.28. The molecule has 1 saturated heterocycles. The predicted octanol–water partition coefficient (Wildman–Crippen LogP) is 8.12. The molecule has 1 saturated carbocycles. The topological polar surface area (TPSA) is 91.3 Å². The highest BCUT2D eigenvalue weighted by atomic mass is 19.4. The average Bonchev–Trinajstić information content (AvgIpc) is 3.58. The van der Waals surface area contributed by atoms with Crippen molar-refractivity contribution in [1.82, 2.24) is 9.80 Å². The Labute approximate surface area is 302 Å². The van der Waals surface area contributed by atoms with E-state index >= 15 is 0 Å². The molecule has 4 atom stereocenters. The fourth-order valence-electron chi connectivity index (χ4n) is 6.91. The number of hydrogen-bond donors (Lipinski definition) is 2. The maximum Gasteiger partial charge on any atom is 0.416 e. The smallest absolute Gasteiger partial charge is 0.416 e. The molecule has 2 N–H and O–H groups in total. The third-order valence-electron chi connectivity index (χ3n) is 9.78. The Hall–Kier alpha value is -5.03. The number of fused-ring (bicyclic) bond motifs is 1. The zero-order valence-electron chi connectivity index (χ0n) is 29.5. The van der Waals surface area contributed by atoms with Crippen LogP contribution in [0.4, 0.5) is 23.7 Å². The van der Waals surface area contributed by atoms with Crippen LogP contribution in [0.2, 0.25) is 0 Å². The van der Waals surface area contributed by atoms with E-state index in [-0.39, 0.29) is 42.7 Å². The van der Waals surface area contributed by atoms with Gasteiger partial charge in [-0.2, -0.15) is 13.2 Å². The monoisotopic (exact) mass is 715 g/mol. The van der Waals surface area contributed by atoms with Crippen LogP contribution in [0.15, 0.2) is 103 Å². The number of carboxylic acids is 1. The molecular formula is C41H44F3N3O5. The minimum absolute atomic E-state index is 0.00920. The Morgan fingerprint density at radius 2 is 1.42 bits per heavy atom. The molecule has 0 radical (unpaired) electrons. The van der Waals surface area contributed by atoms with Gasteiger partial charge in [-0.3, -0.25) is 4.90 Å². The van der Waals surface area contributed by atoms with E-state index in [2.05, 4.69) is 43.1 Å². The molecule has 0 spiro atoms. The molecule has 0 bridgehead atoms. The number of amides is 2. The highest BCUT2D eigenvalue weighted by molar-refractivity contribution is 5.90. The number of carbonyl (C=O) groups excluding carboxylic acids is 1. The molecule has 4 aromatic rings. The van der Waals surface area contributed by atoms with Crippen molar-refractivity contribution < 1.29 is 37.3 Å². The Morgan fingerprint density at radius 1 is 0.827 bits per heavy atom. The molecule has 4 aromatic carbocycles. The Morgan fingerprint density at radius 3 is 2.00 bits per heavy atom. The second-order valence-electron chi connectivity index (χ2n) is 14.6. The summed E-state index contributed by atoms with van der Waals surface area (Å²) in [5.41, 5.74) is 2.57. The van der Waals surface area contributed by atoms with E-state index in [1.807, 2.05) is 30.3 Å². The quantitative estimate of drug-likeness (QED) is 0.145. The summed E-state index contributed by atoms with van der Waals surface area (Å²) in [4.78, 5) is 29.7. The van der Waals surface area contributed by atoms with Gasteiger partial charge in [-0.25, -0.2) is 9.59 Å². The number of ether oxygens (including phenoxy) is 2. The first-order chi connectivity index (χ1) is 24.7. The fraction of sp³-hybridized carbons (Fsp3) is 0.366. The molecule has 11 heteroatoms. The van der Waals surface area contributed by atoms with Crippen LogP contribution in [-0.2, 0) is 29.4 Å². The summed E-state index contributed by atoms with van der Waals surface area (Å²) < 4.78 is 51.1. The van der Waals surface area contributed by atoms with Crippen molar-refractivity contribution in [2.24, 2.45) is 11.8 Å². The number of hydrogen-bond acceptors (Lipinski definition) is 5. The summed E-state index contributed by atoms with van der Waals surface area (Å²) in [7, 11) is 0. The lowest BCUT2D eigenvalue weighted by atomic mass is 9.87. The molecule has 52 heavy (non-hydrogen) atoms. The molecule has 6 rings (SSSR count). The van der Waals surface area contributed by atoms with Crippen molar-refractivity contribution in [1.29, 1.82) is 0 Å². The number of carbonyl (C=O) groups is 2. The normalized spacial score (nSPS) is 19.0. The molecule has 1 aliphatic carbocycles. The van der Waals surface area contributed by atoms with Crippen molar-refractivity contribution in [3.63, 3.8) is 0 Å². The van der Waals surface area contributed by atoms with Crippen LogP contribution in [-0.4, -0.2) is 65.3 Å². The van der Waals surface area contributed by atoms with Gasteiger partial charge < -0.3 is 24.8 Å². The van der Waals surface area contributed by atoms with Crippen LogP contribution < -0.4 is 14.8 Å². The molecule has 2 amide bonds. The number of halogens is 3. The summed E-state index contributed by atoms with van der Waals surface area (Å²) in [6, 6.07) is 28.8. The van der Waals surface area contributed by atoms with E-state index < -0.39 is 23.8 Å². The van der Waals surface area contributed by atoms with Crippen LogP contribution in [0, 0.1) is 11.8 Å². The largest absolute Gasteiger partial charge is 0.492 e. The van der Waals surface area contributed by atoms with Gasteiger partial charge in [-0.05, 0) is 82.5 Å². The van der Waals surface area contributed by atoms with Crippen molar-refractivity contribution >= 4 is 17.7 Å². The number of urea groups is 1. The van der Waals surface area contributed by atoms with Crippen molar-refractivity contribution in [2.45, 2.75) is 57.5 Å². The maximum atomic E-state index is 13.6.